The molecule has 0 atom stereocenters. The maximum absolute atomic E-state index is 13.5. The van der Waals surface area contributed by atoms with Gasteiger partial charge in [0.1, 0.15) is 11.5 Å². The van der Waals surface area contributed by atoms with Crippen LogP contribution < -0.4 is 4.90 Å². The zero-order chi connectivity index (χ0) is 20.6. The summed E-state index contributed by atoms with van der Waals surface area (Å²) >= 11 is 0. The number of rotatable bonds is 3. The lowest BCUT2D eigenvalue weighted by Crippen LogP contribution is -2.40. The van der Waals surface area contributed by atoms with Crippen molar-refractivity contribution in [2.45, 2.75) is 26.7 Å². The van der Waals surface area contributed by atoms with Crippen LogP contribution in [0, 0.1) is 11.2 Å². The summed E-state index contributed by atoms with van der Waals surface area (Å²) < 4.78 is 18.3. The summed E-state index contributed by atoms with van der Waals surface area (Å²) in [7, 11) is 1.36. The van der Waals surface area contributed by atoms with Crippen molar-refractivity contribution in [1.82, 2.24) is 9.97 Å². The monoisotopic (exact) mass is 393 g/mol. The Kier molecular flexibility index (Phi) is 4.94. The summed E-state index contributed by atoms with van der Waals surface area (Å²) in [5, 5.41) is 0. The van der Waals surface area contributed by atoms with Crippen molar-refractivity contribution in [3.8, 4) is 11.3 Å². The van der Waals surface area contributed by atoms with Crippen molar-refractivity contribution in [3.63, 3.8) is 0 Å². The average Bonchev–Trinajstić information content (AvgIpc) is 2.71. The van der Waals surface area contributed by atoms with Gasteiger partial charge < -0.3 is 9.64 Å². The molecule has 6 heteroatoms. The molecule has 4 rings (SSSR count). The Balaban J connectivity index is 1.89. The maximum atomic E-state index is 13.5. The number of piperidine rings is 1. The standard InChI is InChI=1S/C23H24FN3O2/c1-23(2)11-4-12-27(14-23)21-20(15-5-8-17(24)9-6-15)25-18-10-7-16(22(28)29-3)13-19(18)26-21/h5-10,13H,4,11-12,14H2,1-3H3. The fourth-order valence-electron chi connectivity index (χ4n) is 3.92. The highest BCUT2D eigenvalue weighted by Crippen LogP contribution is 2.36. The number of aromatic nitrogens is 2. The van der Waals surface area contributed by atoms with Crippen LogP contribution in [0.25, 0.3) is 22.3 Å². The third-order valence-corrected chi connectivity index (χ3v) is 5.38. The minimum Gasteiger partial charge on any atom is -0.465 e. The Hall–Kier alpha value is -3.02. The molecule has 1 aliphatic heterocycles. The molecule has 0 unspecified atom stereocenters. The van der Waals surface area contributed by atoms with Crippen LogP contribution in [0.15, 0.2) is 42.5 Å². The van der Waals surface area contributed by atoms with E-state index in [-0.39, 0.29) is 11.2 Å². The van der Waals surface area contributed by atoms with Crippen LogP contribution in [-0.4, -0.2) is 36.1 Å². The highest BCUT2D eigenvalue weighted by Gasteiger charge is 2.29. The SMILES string of the molecule is COC(=O)c1ccc2nc(-c3ccc(F)cc3)c(N3CCCC(C)(C)C3)nc2c1. The predicted octanol–water partition coefficient (Wildman–Crippen LogP) is 4.85. The first-order valence-corrected chi connectivity index (χ1v) is 9.77. The van der Waals surface area contributed by atoms with Gasteiger partial charge in [0.15, 0.2) is 5.82 Å². The normalized spacial score (nSPS) is 16.1. The second-order valence-electron chi connectivity index (χ2n) is 8.29. The van der Waals surface area contributed by atoms with Gasteiger partial charge in [0.2, 0.25) is 0 Å². The molecule has 3 aromatic rings. The van der Waals surface area contributed by atoms with E-state index in [1.165, 1.54) is 19.2 Å². The molecule has 5 nitrogen and oxygen atoms in total. The smallest absolute Gasteiger partial charge is 0.337 e. The first-order valence-electron chi connectivity index (χ1n) is 9.77. The molecule has 2 aromatic carbocycles. The van der Waals surface area contributed by atoms with Gasteiger partial charge in [0.05, 0.1) is 23.7 Å². The van der Waals surface area contributed by atoms with E-state index in [4.69, 9.17) is 14.7 Å². The Labute approximate surface area is 169 Å². The summed E-state index contributed by atoms with van der Waals surface area (Å²) in [6, 6.07) is 11.5. The number of anilines is 1. The number of nitrogens with zero attached hydrogens (tertiary/aromatic N) is 3. The van der Waals surface area contributed by atoms with Crippen molar-refractivity contribution >= 4 is 22.8 Å². The Bertz CT molecular complexity index is 1060. The van der Waals surface area contributed by atoms with E-state index in [1.807, 2.05) is 0 Å². The molecule has 1 fully saturated rings. The lowest BCUT2D eigenvalue weighted by molar-refractivity contribution is 0.0601. The average molecular weight is 393 g/mol. The predicted molar refractivity (Wildman–Crippen MR) is 111 cm³/mol. The van der Waals surface area contributed by atoms with E-state index in [2.05, 4.69) is 18.7 Å². The molecule has 0 aliphatic carbocycles. The Morgan fingerprint density at radius 2 is 1.86 bits per heavy atom. The number of hydrogen-bond donors (Lipinski definition) is 0. The summed E-state index contributed by atoms with van der Waals surface area (Å²) in [4.78, 5) is 23.9. The van der Waals surface area contributed by atoms with Gasteiger partial charge in [-0.3, -0.25) is 0 Å². The van der Waals surface area contributed by atoms with Crippen LogP contribution in [-0.2, 0) is 4.74 Å². The van der Waals surface area contributed by atoms with Crippen molar-refractivity contribution in [2.75, 3.05) is 25.1 Å². The van der Waals surface area contributed by atoms with Crippen LogP contribution in [0.5, 0.6) is 0 Å². The minimum absolute atomic E-state index is 0.169. The van der Waals surface area contributed by atoms with Crippen molar-refractivity contribution < 1.29 is 13.9 Å². The van der Waals surface area contributed by atoms with Crippen LogP contribution in [0.2, 0.25) is 0 Å². The molecular weight excluding hydrogens is 369 g/mol. The maximum Gasteiger partial charge on any atom is 0.337 e. The second-order valence-corrected chi connectivity index (χ2v) is 8.29. The van der Waals surface area contributed by atoms with Gasteiger partial charge in [-0.05, 0) is 60.7 Å². The van der Waals surface area contributed by atoms with Crippen LogP contribution in [0.3, 0.4) is 0 Å². The van der Waals surface area contributed by atoms with Gasteiger partial charge >= 0.3 is 5.97 Å². The molecule has 1 aromatic heterocycles. The lowest BCUT2D eigenvalue weighted by Gasteiger charge is -2.39. The summed E-state index contributed by atoms with van der Waals surface area (Å²) in [6.45, 7) is 6.24. The van der Waals surface area contributed by atoms with Gasteiger partial charge in [-0.2, -0.15) is 0 Å². The number of halogens is 1. The van der Waals surface area contributed by atoms with E-state index in [9.17, 15) is 9.18 Å². The van der Waals surface area contributed by atoms with Crippen molar-refractivity contribution in [3.05, 3.63) is 53.8 Å². The third kappa shape index (κ3) is 3.92. The molecule has 0 bridgehead atoms. The minimum atomic E-state index is -0.406. The number of benzene rings is 2. The highest BCUT2D eigenvalue weighted by molar-refractivity contribution is 5.94. The van der Waals surface area contributed by atoms with Crippen molar-refractivity contribution in [2.24, 2.45) is 5.41 Å². The van der Waals surface area contributed by atoms with E-state index >= 15 is 0 Å². The van der Waals surface area contributed by atoms with Gasteiger partial charge in [0.25, 0.3) is 0 Å². The number of hydrogen-bond acceptors (Lipinski definition) is 5. The van der Waals surface area contributed by atoms with E-state index in [0.29, 0.717) is 16.6 Å². The van der Waals surface area contributed by atoms with Gasteiger partial charge in [0, 0.05) is 18.7 Å². The van der Waals surface area contributed by atoms with Crippen LogP contribution in [0.4, 0.5) is 10.2 Å². The van der Waals surface area contributed by atoms with E-state index < -0.39 is 5.97 Å². The number of esters is 1. The largest absolute Gasteiger partial charge is 0.465 e. The van der Waals surface area contributed by atoms with Crippen molar-refractivity contribution in [1.29, 1.82) is 0 Å². The Morgan fingerprint density at radius 1 is 1.10 bits per heavy atom. The molecule has 0 radical (unpaired) electrons. The Morgan fingerprint density at radius 3 is 2.55 bits per heavy atom. The number of carbonyl (C=O) groups is 1. The zero-order valence-electron chi connectivity index (χ0n) is 16.9. The van der Waals surface area contributed by atoms with E-state index in [1.54, 1.807) is 30.3 Å². The van der Waals surface area contributed by atoms with Gasteiger partial charge in [-0.25, -0.2) is 19.2 Å². The molecule has 0 amide bonds. The molecule has 0 N–H and O–H groups in total. The highest BCUT2D eigenvalue weighted by atomic mass is 19.1. The molecule has 1 saturated heterocycles. The van der Waals surface area contributed by atoms with Gasteiger partial charge in [-0.1, -0.05) is 13.8 Å². The molecule has 0 saturated carbocycles. The summed E-state index contributed by atoms with van der Waals surface area (Å²) in [5.41, 5.74) is 3.46. The van der Waals surface area contributed by atoms with Crippen LogP contribution in [0.1, 0.15) is 37.0 Å². The lowest BCUT2D eigenvalue weighted by atomic mass is 9.84. The molecule has 29 heavy (non-hydrogen) atoms. The summed E-state index contributed by atoms with van der Waals surface area (Å²) in [6.07, 6.45) is 2.22. The zero-order valence-corrected chi connectivity index (χ0v) is 16.9. The first kappa shape index (κ1) is 19.3. The first-order chi connectivity index (χ1) is 13.9. The third-order valence-electron chi connectivity index (χ3n) is 5.38. The number of carbonyl (C=O) groups excluding carboxylic acids is 1. The number of fused-ring (bicyclic) bond motifs is 1. The number of methoxy groups -OCH3 is 1. The van der Waals surface area contributed by atoms with Gasteiger partial charge in [-0.15, -0.1) is 0 Å². The fraction of sp³-hybridized carbons (Fsp3) is 0.348. The topological polar surface area (TPSA) is 55.3 Å². The molecule has 2 heterocycles. The summed E-state index contributed by atoms with van der Waals surface area (Å²) in [5.74, 6) is 0.0711. The fourth-order valence-corrected chi connectivity index (χ4v) is 3.92. The van der Waals surface area contributed by atoms with Crippen LogP contribution >= 0.6 is 0 Å². The molecule has 1 aliphatic rings. The number of ether oxygens (including phenoxy) is 1. The molecular formula is C23H24FN3O2. The molecule has 0 spiro atoms. The molecule has 150 valence electrons. The second kappa shape index (κ2) is 7.43. The van der Waals surface area contributed by atoms with E-state index in [0.717, 1.165) is 43.0 Å². The quantitative estimate of drug-likeness (QED) is 0.596.